The van der Waals surface area contributed by atoms with E-state index in [0.29, 0.717) is 0 Å². The van der Waals surface area contributed by atoms with Crippen molar-refractivity contribution in [3.63, 3.8) is 0 Å². The van der Waals surface area contributed by atoms with Gasteiger partial charge in [0.25, 0.3) is 0 Å². The monoisotopic (exact) mass is 402 g/mol. The van der Waals surface area contributed by atoms with Crippen LogP contribution in [0.1, 0.15) is 11.1 Å². The Kier molecular flexibility index (Phi) is 4.69. The van der Waals surface area contributed by atoms with Crippen molar-refractivity contribution in [3.8, 4) is 28.7 Å². The van der Waals surface area contributed by atoms with Gasteiger partial charge in [0.2, 0.25) is 0 Å². The predicted octanol–water partition coefficient (Wildman–Crippen LogP) is 1.84. The number of cyclic esters (lactones) is 1. The second-order valence-electron chi connectivity index (χ2n) is 5.87. The van der Waals surface area contributed by atoms with Gasteiger partial charge in [0, 0.05) is 5.56 Å². The Morgan fingerprint density at radius 2 is 1.59 bits per heavy atom. The lowest BCUT2D eigenvalue weighted by Crippen LogP contribution is -2.06. The third kappa shape index (κ3) is 3.23. The van der Waals surface area contributed by atoms with Crippen molar-refractivity contribution in [3.05, 3.63) is 53.0 Å². The van der Waals surface area contributed by atoms with Gasteiger partial charge in [0.15, 0.2) is 40.3 Å². The van der Waals surface area contributed by atoms with Crippen LogP contribution in [0.3, 0.4) is 0 Å². The number of benzene rings is 2. The maximum atomic E-state index is 12.3. The number of hydrogen-bond acceptors (Lipinski definition) is 9. The molecule has 0 unspecified atom stereocenters. The van der Waals surface area contributed by atoms with E-state index in [9.17, 15) is 40.2 Å². The van der Waals surface area contributed by atoms with Gasteiger partial charge in [-0.2, -0.15) is 0 Å². The maximum absolute atomic E-state index is 12.3. The lowest BCUT2D eigenvalue weighted by atomic mass is 10.00. The number of phenolic OH excluding ortho intramolecular Hbond substituents is 4. The molecule has 0 fully saturated rings. The van der Waals surface area contributed by atoms with Gasteiger partial charge >= 0.3 is 11.9 Å². The summed E-state index contributed by atoms with van der Waals surface area (Å²) in [7, 11) is 1.28. The summed E-state index contributed by atoms with van der Waals surface area (Å²) in [5.74, 6) is -7.00. The molecule has 1 aliphatic heterocycles. The van der Waals surface area contributed by atoms with Crippen molar-refractivity contribution in [2.45, 2.75) is 0 Å². The zero-order valence-corrected chi connectivity index (χ0v) is 14.7. The van der Waals surface area contributed by atoms with Crippen molar-refractivity contribution >= 4 is 23.1 Å². The van der Waals surface area contributed by atoms with Crippen molar-refractivity contribution in [2.24, 2.45) is 0 Å². The highest BCUT2D eigenvalue weighted by Crippen LogP contribution is 2.42. The number of hydrogen-bond donors (Lipinski definition) is 6. The molecular weight excluding hydrogens is 388 g/mol. The summed E-state index contributed by atoms with van der Waals surface area (Å²) in [5.41, 5.74) is -1.39. The zero-order chi connectivity index (χ0) is 21.5. The van der Waals surface area contributed by atoms with Crippen LogP contribution >= 0.6 is 0 Å². The minimum Gasteiger partial charge on any atom is -0.504 e. The average Bonchev–Trinajstić information content (AvgIpc) is 2.94. The average molecular weight is 402 g/mol. The Bertz CT molecular complexity index is 1090. The van der Waals surface area contributed by atoms with Crippen LogP contribution in [0.15, 0.2) is 41.9 Å². The molecule has 29 heavy (non-hydrogen) atoms. The molecule has 0 saturated heterocycles. The van der Waals surface area contributed by atoms with Crippen LogP contribution in [0.25, 0.3) is 11.1 Å². The lowest BCUT2D eigenvalue weighted by Gasteiger charge is -2.09. The van der Waals surface area contributed by atoms with Gasteiger partial charge < -0.3 is 40.1 Å². The molecule has 150 valence electrons. The molecular formula is C19H14O10. The van der Waals surface area contributed by atoms with Crippen LogP contribution in [0.5, 0.6) is 28.7 Å². The molecule has 2 aromatic rings. The minimum absolute atomic E-state index is 0.000123. The quantitative estimate of drug-likeness (QED) is 0.251. The fourth-order valence-electron chi connectivity index (χ4n) is 2.76. The summed E-state index contributed by atoms with van der Waals surface area (Å²) < 4.78 is 9.88. The van der Waals surface area contributed by atoms with E-state index in [0.717, 1.165) is 12.1 Å². The predicted molar refractivity (Wildman–Crippen MR) is 96.3 cm³/mol. The fraction of sp³-hybridized carbons (Fsp3) is 0.0526. The number of rotatable bonds is 4. The van der Waals surface area contributed by atoms with Gasteiger partial charge in [-0.3, -0.25) is 0 Å². The zero-order valence-electron chi connectivity index (χ0n) is 14.7. The molecule has 0 atom stereocenters. The number of methoxy groups -OCH3 is 1. The summed E-state index contributed by atoms with van der Waals surface area (Å²) in [5, 5.41) is 58.5. The molecule has 10 heteroatoms. The molecule has 3 rings (SSSR count). The largest absolute Gasteiger partial charge is 0.504 e. The number of aliphatic hydroxyl groups is 1. The molecule has 0 saturated carbocycles. The van der Waals surface area contributed by atoms with Gasteiger partial charge in [0.05, 0.1) is 7.11 Å². The summed E-state index contributed by atoms with van der Waals surface area (Å²) >= 11 is 0. The van der Waals surface area contributed by atoms with Crippen LogP contribution in [0, 0.1) is 0 Å². The number of carboxylic acids is 1. The maximum Gasteiger partial charge on any atom is 0.348 e. The molecule has 2 aromatic carbocycles. The van der Waals surface area contributed by atoms with Crippen LogP contribution in [0.2, 0.25) is 0 Å². The normalized spacial score (nSPS) is 15.3. The molecule has 0 radical (unpaired) electrons. The number of aromatic hydroxyl groups is 4. The smallest absolute Gasteiger partial charge is 0.348 e. The molecule has 0 bridgehead atoms. The second-order valence-corrected chi connectivity index (χ2v) is 5.87. The number of phenols is 4. The van der Waals surface area contributed by atoms with Gasteiger partial charge in [-0.05, 0) is 29.8 Å². The molecule has 1 aliphatic rings. The highest BCUT2D eigenvalue weighted by atomic mass is 16.6. The first-order chi connectivity index (χ1) is 13.6. The highest BCUT2D eigenvalue weighted by molar-refractivity contribution is 6.25. The number of aliphatic carboxylic acids is 1. The van der Waals surface area contributed by atoms with Crippen LogP contribution in [0.4, 0.5) is 0 Å². The van der Waals surface area contributed by atoms with Crippen molar-refractivity contribution in [1.29, 1.82) is 0 Å². The van der Waals surface area contributed by atoms with Crippen molar-refractivity contribution in [2.75, 3.05) is 7.11 Å². The number of carboxylic acid groups (broad SMARTS) is 1. The second kappa shape index (κ2) is 7.00. The molecule has 0 amide bonds. The minimum atomic E-state index is -1.65. The SMILES string of the molecule is COc1cc(C2=C(O)/C(=C(/C(=O)O)c3cc(O)c(O)c(O)c3)OC2=O)ccc1O. The molecule has 10 nitrogen and oxygen atoms in total. The Balaban J connectivity index is 2.24. The van der Waals surface area contributed by atoms with E-state index >= 15 is 0 Å². The van der Waals surface area contributed by atoms with Crippen LogP contribution in [-0.4, -0.2) is 49.7 Å². The van der Waals surface area contributed by atoms with E-state index in [1.54, 1.807) is 0 Å². The summed E-state index contributed by atoms with van der Waals surface area (Å²) in [4.78, 5) is 24.1. The lowest BCUT2D eigenvalue weighted by molar-refractivity contribution is -0.131. The fourth-order valence-corrected chi connectivity index (χ4v) is 2.76. The molecule has 0 aromatic heterocycles. The van der Waals surface area contributed by atoms with Gasteiger partial charge in [-0.1, -0.05) is 6.07 Å². The van der Waals surface area contributed by atoms with Crippen molar-refractivity contribution in [1.82, 2.24) is 0 Å². The third-order valence-corrected chi connectivity index (χ3v) is 4.12. The van der Waals surface area contributed by atoms with E-state index in [-0.39, 0.29) is 28.2 Å². The summed E-state index contributed by atoms with van der Waals surface area (Å²) in [6.45, 7) is 0. The van der Waals surface area contributed by atoms with E-state index in [1.165, 1.54) is 25.3 Å². The van der Waals surface area contributed by atoms with Gasteiger partial charge in [-0.15, -0.1) is 0 Å². The highest BCUT2D eigenvalue weighted by Gasteiger charge is 2.36. The Morgan fingerprint density at radius 1 is 0.966 bits per heavy atom. The first kappa shape index (κ1) is 19.4. The summed E-state index contributed by atoms with van der Waals surface area (Å²) in [6.07, 6.45) is 0. The Hall–Kier alpha value is -4.34. The number of ether oxygens (including phenoxy) is 2. The Labute approximate surface area is 162 Å². The number of esters is 1. The van der Waals surface area contributed by atoms with Crippen molar-refractivity contribution < 1.29 is 49.7 Å². The number of carbonyl (C=O) groups is 2. The van der Waals surface area contributed by atoms with E-state index in [4.69, 9.17) is 9.47 Å². The van der Waals surface area contributed by atoms with E-state index < -0.39 is 46.3 Å². The number of carbonyl (C=O) groups excluding carboxylic acids is 1. The standard InChI is InChI=1S/C19H14O10/c1-28-12-6-7(2-3-9(12)20)13-16(24)17(29-19(13)27)14(18(25)26)8-4-10(21)15(23)11(22)5-8/h2-6,20-24H,1H3,(H,25,26)/b17-14-. The molecule has 0 aliphatic carbocycles. The third-order valence-electron chi connectivity index (χ3n) is 4.12. The molecule has 0 spiro atoms. The van der Waals surface area contributed by atoms with Crippen LogP contribution < -0.4 is 4.74 Å². The first-order valence-electron chi connectivity index (χ1n) is 7.91. The number of aliphatic hydroxyl groups excluding tert-OH is 1. The molecule has 1 heterocycles. The van der Waals surface area contributed by atoms with Gasteiger partial charge in [-0.25, -0.2) is 9.59 Å². The summed E-state index contributed by atoms with van der Waals surface area (Å²) in [6, 6.07) is 5.36. The topological polar surface area (TPSA) is 174 Å². The van der Waals surface area contributed by atoms with E-state index in [2.05, 4.69) is 0 Å². The Morgan fingerprint density at radius 3 is 2.14 bits per heavy atom. The van der Waals surface area contributed by atoms with Gasteiger partial charge in [0.1, 0.15) is 11.1 Å². The first-order valence-corrected chi connectivity index (χ1v) is 7.91. The van der Waals surface area contributed by atoms with Crippen LogP contribution in [-0.2, 0) is 14.3 Å². The molecule has 6 N–H and O–H groups in total. The van der Waals surface area contributed by atoms with E-state index in [1.807, 2.05) is 0 Å².